The SMILES string of the molecule is Cc1cc(C)nc(NC(=NCc2ccc(Cl)cc2)NC(=S)Nc2cccc(C)c2Cl)n1. The number of hydrogen-bond acceptors (Lipinski definition) is 4. The predicted octanol–water partition coefficient (Wildman–Crippen LogP) is 5.66. The van der Waals surface area contributed by atoms with Crippen molar-refractivity contribution in [1.82, 2.24) is 15.3 Å². The monoisotopic (exact) mass is 472 g/mol. The number of aromatic nitrogens is 2. The van der Waals surface area contributed by atoms with E-state index in [-0.39, 0.29) is 0 Å². The van der Waals surface area contributed by atoms with E-state index in [0.717, 1.165) is 22.5 Å². The Balaban J connectivity index is 1.79. The van der Waals surface area contributed by atoms with Crippen LogP contribution in [0, 0.1) is 20.8 Å². The van der Waals surface area contributed by atoms with Crippen molar-refractivity contribution >= 4 is 58.1 Å². The summed E-state index contributed by atoms with van der Waals surface area (Å²) in [7, 11) is 0. The van der Waals surface area contributed by atoms with Gasteiger partial charge in [0.05, 0.1) is 17.3 Å². The molecule has 0 spiro atoms. The fraction of sp³-hybridized carbons (Fsp3) is 0.182. The lowest BCUT2D eigenvalue weighted by Gasteiger charge is -2.15. The lowest BCUT2D eigenvalue weighted by Crippen LogP contribution is -2.39. The molecule has 31 heavy (non-hydrogen) atoms. The number of guanidine groups is 1. The summed E-state index contributed by atoms with van der Waals surface area (Å²) in [5, 5.41) is 10.9. The van der Waals surface area contributed by atoms with Crippen LogP contribution in [0.25, 0.3) is 0 Å². The number of aliphatic imine (C=N–C) groups is 1. The summed E-state index contributed by atoms with van der Waals surface area (Å²) in [6.45, 7) is 6.15. The van der Waals surface area contributed by atoms with Gasteiger partial charge in [-0.05, 0) is 68.4 Å². The Bertz CT molecular complexity index is 1100. The second kappa shape index (κ2) is 10.5. The zero-order valence-electron chi connectivity index (χ0n) is 17.3. The van der Waals surface area contributed by atoms with Gasteiger partial charge in [0, 0.05) is 16.4 Å². The molecule has 0 aliphatic heterocycles. The first-order valence-electron chi connectivity index (χ1n) is 9.51. The molecule has 2 aromatic carbocycles. The molecule has 1 aromatic heterocycles. The third kappa shape index (κ3) is 6.89. The van der Waals surface area contributed by atoms with Crippen molar-refractivity contribution < 1.29 is 0 Å². The molecule has 0 bridgehead atoms. The molecule has 3 aromatic rings. The molecule has 0 aliphatic rings. The standard InChI is InChI=1S/C22H22Cl2N6S/c1-13-5-4-6-18(19(13)24)28-22(31)30-20(25-12-16-7-9-17(23)10-8-16)29-21-26-14(2)11-15(3)27-21/h4-11H,12H2,1-3H3,(H3,25,26,27,28,29,30,31). The van der Waals surface area contributed by atoms with Crippen LogP contribution in [0.3, 0.4) is 0 Å². The quantitative estimate of drug-likeness (QED) is 0.258. The van der Waals surface area contributed by atoms with Crippen LogP contribution in [0.5, 0.6) is 0 Å². The Kier molecular flexibility index (Phi) is 7.79. The number of aryl methyl sites for hydroxylation is 3. The van der Waals surface area contributed by atoms with Gasteiger partial charge in [0.15, 0.2) is 5.11 Å². The summed E-state index contributed by atoms with van der Waals surface area (Å²) in [4.78, 5) is 13.4. The van der Waals surface area contributed by atoms with Gasteiger partial charge < -0.3 is 10.6 Å². The Hall–Kier alpha value is -2.74. The summed E-state index contributed by atoms with van der Waals surface area (Å²) in [5.74, 6) is 0.831. The topological polar surface area (TPSA) is 74.2 Å². The summed E-state index contributed by atoms with van der Waals surface area (Å²) in [5.41, 5.74) is 4.35. The molecule has 0 radical (unpaired) electrons. The Morgan fingerprint density at radius 2 is 1.65 bits per heavy atom. The van der Waals surface area contributed by atoms with Crippen molar-refractivity contribution in [1.29, 1.82) is 0 Å². The minimum absolute atomic E-state index is 0.333. The maximum Gasteiger partial charge on any atom is 0.229 e. The van der Waals surface area contributed by atoms with Crippen molar-refractivity contribution in [3.05, 3.63) is 81.1 Å². The molecule has 0 saturated heterocycles. The zero-order chi connectivity index (χ0) is 22.4. The number of nitrogens with one attached hydrogen (secondary N) is 3. The van der Waals surface area contributed by atoms with Crippen LogP contribution in [0.1, 0.15) is 22.5 Å². The Labute approximate surface area is 197 Å². The maximum atomic E-state index is 6.37. The van der Waals surface area contributed by atoms with Gasteiger partial charge >= 0.3 is 0 Å². The molecule has 0 saturated carbocycles. The highest BCUT2D eigenvalue weighted by Gasteiger charge is 2.09. The highest BCUT2D eigenvalue weighted by molar-refractivity contribution is 7.80. The molecule has 0 fully saturated rings. The highest BCUT2D eigenvalue weighted by Crippen LogP contribution is 2.24. The third-order valence-corrected chi connectivity index (χ3v) is 5.18. The summed E-state index contributed by atoms with van der Waals surface area (Å²) >= 11 is 17.8. The molecule has 0 aliphatic carbocycles. The Morgan fingerprint density at radius 3 is 2.32 bits per heavy atom. The van der Waals surface area contributed by atoms with E-state index in [9.17, 15) is 0 Å². The molecule has 160 valence electrons. The molecule has 0 atom stereocenters. The van der Waals surface area contributed by atoms with E-state index >= 15 is 0 Å². The predicted molar refractivity (Wildman–Crippen MR) is 133 cm³/mol. The van der Waals surface area contributed by atoms with Gasteiger partial charge in [-0.25, -0.2) is 15.0 Å². The molecule has 1 heterocycles. The lowest BCUT2D eigenvalue weighted by atomic mass is 10.2. The summed E-state index contributed by atoms with van der Waals surface area (Å²) < 4.78 is 0. The first kappa shape index (κ1) is 22.9. The van der Waals surface area contributed by atoms with Crippen molar-refractivity contribution in [2.24, 2.45) is 4.99 Å². The van der Waals surface area contributed by atoms with Gasteiger partial charge in [0.1, 0.15) is 0 Å². The van der Waals surface area contributed by atoms with Crippen LogP contribution in [0.4, 0.5) is 11.6 Å². The van der Waals surface area contributed by atoms with E-state index in [4.69, 9.17) is 35.4 Å². The normalized spacial score (nSPS) is 11.2. The number of rotatable bonds is 4. The van der Waals surface area contributed by atoms with E-state index in [0.29, 0.717) is 39.3 Å². The molecular formula is C22H22Cl2N6S. The summed E-state index contributed by atoms with van der Waals surface area (Å²) in [6, 6.07) is 15.1. The minimum atomic E-state index is 0.333. The van der Waals surface area contributed by atoms with Crippen LogP contribution >= 0.6 is 35.4 Å². The van der Waals surface area contributed by atoms with Crippen LogP contribution in [-0.2, 0) is 6.54 Å². The van der Waals surface area contributed by atoms with Gasteiger partial charge in [-0.15, -0.1) is 0 Å². The molecular weight excluding hydrogens is 451 g/mol. The molecule has 0 unspecified atom stereocenters. The van der Waals surface area contributed by atoms with E-state index in [1.807, 2.05) is 69.3 Å². The molecule has 6 nitrogen and oxygen atoms in total. The number of benzene rings is 2. The fourth-order valence-electron chi connectivity index (χ4n) is 2.76. The molecule has 3 N–H and O–H groups in total. The number of nitrogens with zero attached hydrogens (tertiary/aromatic N) is 3. The largest absolute Gasteiger partial charge is 0.331 e. The van der Waals surface area contributed by atoms with Crippen molar-refractivity contribution in [3.8, 4) is 0 Å². The third-order valence-electron chi connectivity index (χ3n) is 4.22. The van der Waals surface area contributed by atoms with Crippen LogP contribution < -0.4 is 16.0 Å². The van der Waals surface area contributed by atoms with Crippen LogP contribution in [0.2, 0.25) is 10.0 Å². The van der Waals surface area contributed by atoms with Gasteiger partial charge in [0.2, 0.25) is 11.9 Å². The van der Waals surface area contributed by atoms with E-state index in [1.165, 1.54) is 0 Å². The van der Waals surface area contributed by atoms with Crippen LogP contribution in [0.15, 0.2) is 53.5 Å². The minimum Gasteiger partial charge on any atom is -0.331 e. The second-order valence-corrected chi connectivity index (χ2v) is 8.13. The lowest BCUT2D eigenvalue weighted by molar-refractivity contribution is 1.03. The Morgan fingerprint density at radius 1 is 0.968 bits per heavy atom. The van der Waals surface area contributed by atoms with Gasteiger partial charge in [-0.3, -0.25) is 5.32 Å². The maximum absolute atomic E-state index is 6.37. The summed E-state index contributed by atoms with van der Waals surface area (Å²) in [6.07, 6.45) is 0. The fourth-order valence-corrected chi connectivity index (χ4v) is 3.27. The average Bonchev–Trinajstić information content (AvgIpc) is 2.70. The average molecular weight is 473 g/mol. The van der Waals surface area contributed by atoms with E-state index in [1.54, 1.807) is 0 Å². The van der Waals surface area contributed by atoms with Gasteiger partial charge in [-0.2, -0.15) is 0 Å². The van der Waals surface area contributed by atoms with E-state index < -0.39 is 0 Å². The van der Waals surface area contributed by atoms with Crippen molar-refractivity contribution in [2.45, 2.75) is 27.3 Å². The number of anilines is 2. The van der Waals surface area contributed by atoms with Crippen molar-refractivity contribution in [2.75, 3.05) is 10.6 Å². The van der Waals surface area contributed by atoms with Gasteiger partial charge in [-0.1, -0.05) is 47.5 Å². The molecule has 3 rings (SSSR count). The first-order chi connectivity index (χ1) is 14.8. The molecule has 9 heteroatoms. The number of hydrogen-bond donors (Lipinski definition) is 3. The van der Waals surface area contributed by atoms with E-state index in [2.05, 4.69) is 30.9 Å². The van der Waals surface area contributed by atoms with Crippen LogP contribution in [-0.4, -0.2) is 21.0 Å². The highest BCUT2D eigenvalue weighted by atomic mass is 35.5. The van der Waals surface area contributed by atoms with Gasteiger partial charge in [0.25, 0.3) is 0 Å². The second-order valence-electron chi connectivity index (χ2n) is 6.91. The number of halogens is 2. The smallest absolute Gasteiger partial charge is 0.229 e. The first-order valence-corrected chi connectivity index (χ1v) is 10.7. The molecule has 0 amide bonds. The van der Waals surface area contributed by atoms with Crippen molar-refractivity contribution in [3.63, 3.8) is 0 Å². The zero-order valence-corrected chi connectivity index (χ0v) is 19.7. The number of thiocarbonyl (C=S) groups is 1.